The number of fused-ring (bicyclic) bond motifs is 2. The quantitative estimate of drug-likeness (QED) is 0.325. The molecule has 6 nitrogen and oxygen atoms in total. The summed E-state index contributed by atoms with van der Waals surface area (Å²) in [4.78, 5) is 31.8. The maximum atomic E-state index is 13.7. The summed E-state index contributed by atoms with van der Waals surface area (Å²) < 4.78 is 7.14. The molecule has 0 unspecified atom stereocenters. The number of para-hydroxylation sites is 1. The minimum Gasteiger partial charge on any atom is -0.443 e. The minimum atomic E-state index is -1.17. The summed E-state index contributed by atoms with van der Waals surface area (Å²) in [7, 11) is 0. The molecule has 0 aliphatic carbocycles. The van der Waals surface area contributed by atoms with Crippen LogP contribution in [-0.4, -0.2) is 33.4 Å². The molecule has 0 radical (unpaired) electrons. The third-order valence-electron chi connectivity index (χ3n) is 6.30. The number of ether oxygens (including phenoxy) is 1. The van der Waals surface area contributed by atoms with Crippen molar-refractivity contribution in [1.29, 1.82) is 0 Å². The number of nitrogens with zero attached hydrogens (tertiary/aromatic N) is 2. The molecule has 1 amide bonds. The van der Waals surface area contributed by atoms with Crippen LogP contribution in [0.4, 0.5) is 10.5 Å². The van der Waals surface area contributed by atoms with Crippen LogP contribution in [0.25, 0.3) is 10.9 Å². The molecule has 1 aliphatic heterocycles. The SMILES string of the molecule is CC(C)(C)OC(=O)n1cc(C[C@@]2(C)N=C(c3ccccc3)c3cc(Cl)ccc3NC2=O)c2ccccc21. The molecule has 7 heteroatoms. The van der Waals surface area contributed by atoms with E-state index < -0.39 is 17.2 Å². The summed E-state index contributed by atoms with van der Waals surface area (Å²) in [6.07, 6.45) is 1.55. The topological polar surface area (TPSA) is 72.7 Å². The summed E-state index contributed by atoms with van der Waals surface area (Å²) in [5.74, 6) is -0.240. The van der Waals surface area contributed by atoms with Crippen LogP contribution in [-0.2, 0) is 16.0 Å². The lowest BCUT2D eigenvalue weighted by molar-refractivity contribution is -0.120. The number of aliphatic imine (C=N–C) groups is 1. The Morgan fingerprint density at radius 1 is 1.05 bits per heavy atom. The smallest absolute Gasteiger partial charge is 0.419 e. The number of amides is 1. The molecule has 1 atom stereocenters. The fourth-order valence-electron chi connectivity index (χ4n) is 4.60. The zero-order valence-corrected chi connectivity index (χ0v) is 22.0. The van der Waals surface area contributed by atoms with E-state index >= 15 is 0 Å². The van der Waals surface area contributed by atoms with Gasteiger partial charge in [-0.3, -0.25) is 14.4 Å². The largest absolute Gasteiger partial charge is 0.443 e. The van der Waals surface area contributed by atoms with Crippen molar-refractivity contribution in [2.45, 2.75) is 45.3 Å². The third kappa shape index (κ3) is 4.89. The van der Waals surface area contributed by atoms with Crippen LogP contribution in [0.1, 0.15) is 44.4 Å². The van der Waals surface area contributed by atoms with Crippen LogP contribution in [0, 0.1) is 0 Å². The zero-order valence-electron chi connectivity index (χ0n) is 21.2. The second kappa shape index (κ2) is 9.20. The Kier molecular flexibility index (Phi) is 6.16. The number of nitrogens with one attached hydrogen (secondary N) is 1. The van der Waals surface area contributed by atoms with Crippen LogP contribution in [0.3, 0.4) is 0 Å². The molecule has 2 heterocycles. The Morgan fingerprint density at radius 3 is 2.49 bits per heavy atom. The fraction of sp³-hybridized carbons (Fsp3) is 0.233. The van der Waals surface area contributed by atoms with Gasteiger partial charge in [-0.2, -0.15) is 0 Å². The van der Waals surface area contributed by atoms with E-state index in [2.05, 4.69) is 5.32 Å². The van der Waals surface area contributed by atoms with Crippen molar-refractivity contribution < 1.29 is 14.3 Å². The highest BCUT2D eigenvalue weighted by atomic mass is 35.5. The van der Waals surface area contributed by atoms with E-state index in [1.807, 2.05) is 88.4 Å². The number of aromatic nitrogens is 1. The van der Waals surface area contributed by atoms with Gasteiger partial charge >= 0.3 is 6.09 Å². The van der Waals surface area contributed by atoms with Gasteiger partial charge in [-0.1, -0.05) is 60.1 Å². The Morgan fingerprint density at radius 2 is 1.76 bits per heavy atom. The summed E-state index contributed by atoms with van der Waals surface area (Å²) in [5.41, 5.74) is 2.69. The summed E-state index contributed by atoms with van der Waals surface area (Å²) in [6.45, 7) is 7.31. The first-order chi connectivity index (χ1) is 17.5. The molecule has 1 aliphatic rings. The van der Waals surface area contributed by atoms with Crippen molar-refractivity contribution in [3.63, 3.8) is 0 Å². The van der Waals surface area contributed by atoms with E-state index in [0.717, 1.165) is 22.1 Å². The van der Waals surface area contributed by atoms with E-state index in [9.17, 15) is 9.59 Å². The normalized spacial score (nSPS) is 17.5. The first-order valence-electron chi connectivity index (χ1n) is 12.1. The first-order valence-corrected chi connectivity index (χ1v) is 12.5. The monoisotopic (exact) mass is 513 g/mol. The van der Waals surface area contributed by atoms with E-state index in [4.69, 9.17) is 21.3 Å². The average Bonchev–Trinajstić information content (AvgIpc) is 3.16. The molecule has 0 spiro atoms. The highest BCUT2D eigenvalue weighted by Gasteiger charge is 2.38. The predicted molar refractivity (Wildman–Crippen MR) is 148 cm³/mol. The van der Waals surface area contributed by atoms with Gasteiger partial charge in [-0.25, -0.2) is 4.79 Å². The van der Waals surface area contributed by atoms with Crippen LogP contribution < -0.4 is 5.32 Å². The van der Waals surface area contributed by atoms with Crippen molar-refractivity contribution >= 4 is 45.9 Å². The summed E-state index contributed by atoms with van der Waals surface area (Å²) >= 11 is 6.35. The van der Waals surface area contributed by atoms with Crippen LogP contribution in [0.15, 0.2) is 84.0 Å². The van der Waals surface area contributed by atoms with E-state index in [1.165, 1.54) is 4.57 Å². The number of rotatable bonds is 3. The van der Waals surface area contributed by atoms with Crippen molar-refractivity contribution in [1.82, 2.24) is 4.57 Å². The van der Waals surface area contributed by atoms with Gasteiger partial charge in [0.1, 0.15) is 11.1 Å². The van der Waals surface area contributed by atoms with Crippen LogP contribution >= 0.6 is 11.6 Å². The number of anilines is 1. The molecule has 3 aromatic carbocycles. The van der Waals surface area contributed by atoms with Crippen LogP contribution in [0.2, 0.25) is 5.02 Å². The van der Waals surface area contributed by atoms with Gasteiger partial charge < -0.3 is 10.1 Å². The molecule has 1 N–H and O–H groups in total. The second-order valence-corrected chi connectivity index (χ2v) is 10.9. The van der Waals surface area contributed by atoms with Gasteiger partial charge in [0.05, 0.1) is 16.9 Å². The molecule has 0 saturated carbocycles. The maximum Gasteiger partial charge on any atom is 0.419 e. The number of halogens is 1. The highest BCUT2D eigenvalue weighted by Crippen LogP contribution is 2.34. The van der Waals surface area contributed by atoms with Gasteiger partial charge in [0.15, 0.2) is 0 Å². The number of hydrogen-bond acceptors (Lipinski definition) is 4. The van der Waals surface area contributed by atoms with Gasteiger partial charge in [0.25, 0.3) is 5.91 Å². The molecule has 4 aromatic rings. The molecule has 1 aromatic heterocycles. The molecule has 0 fully saturated rings. The molecule has 188 valence electrons. The van der Waals surface area contributed by atoms with Crippen molar-refractivity contribution in [3.05, 3.63) is 101 Å². The molecular formula is C30H28ClN3O3. The van der Waals surface area contributed by atoms with Gasteiger partial charge in [-0.05, 0) is 57.5 Å². The summed E-state index contributed by atoms with van der Waals surface area (Å²) in [5, 5.41) is 4.48. The first kappa shape index (κ1) is 24.8. The van der Waals surface area contributed by atoms with E-state index in [1.54, 1.807) is 18.3 Å². The number of carbonyl (C=O) groups excluding carboxylic acids is 2. The van der Waals surface area contributed by atoms with Crippen molar-refractivity contribution in [2.24, 2.45) is 4.99 Å². The number of benzene rings is 3. The Labute approximate surface area is 220 Å². The maximum absolute atomic E-state index is 13.7. The Balaban J connectivity index is 1.64. The average molecular weight is 514 g/mol. The van der Waals surface area contributed by atoms with E-state index in [-0.39, 0.29) is 12.3 Å². The zero-order chi connectivity index (χ0) is 26.4. The Hall–Kier alpha value is -3.90. The summed E-state index contributed by atoms with van der Waals surface area (Å²) in [6, 6.07) is 22.7. The lowest BCUT2D eigenvalue weighted by Crippen LogP contribution is -2.40. The number of benzodiazepines with no additional fused rings is 1. The van der Waals surface area contributed by atoms with Gasteiger partial charge in [0.2, 0.25) is 0 Å². The van der Waals surface area contributed by atoms with Gasteiger partial charge in [-0.15, -0.1) is 0 Å². The van der Waals surface area contributed by atoms with Gasteiger partial charge in [0, 0.05) is 34.2 Å². The predicted octanol–water partition coefficient (Wildman–Crippen LogP) is 6.87. The second-order valence-electron chi connectivity index (χ2n) is 10.4. The lowest BCUT2D eigenvalue weighted by Gasteiger charge is -2.23. The standard InChI is InChI=1S/C30H28ClN3O3/c1-29(2,3)37-28(36)34-18-20(22-12-8-9-13-25(22)34)17-30(4)27(35)32-24-15-14-21(31)16-23(24)26(33-30)19-10-6-5-7-11-19/h5-16,18H,17H2,1-4H3,(H,32,35)/t30-/m1/s1. The van der Waals surface area contributed by atoms with Crippen molar-refractivity contribution in [2.75, 3.05) is 5.32 Å². The molecule has 0 saturated heterocycles. The minimum absolute atomic E-state index is 0.240. The molecule has 37 heavy (non-hydrogen) atoms. The van der Waals surface area contributed by atoms with Crippen LogP contribution in [0.5, 0.6) is 0 Å². The highest BCUT2D eigenvalue weighted by molar-refractivity contribution is 6.32. The van der Waals surface area contributed by atoms with E-state index in [0.29, 0.717) is 21.9 Å². The number of carbonyl (C=O) groups is 2. The fourth-order valence-corrected chi connectivity index (χ4v) is 4.77. The third-order valence-corrected chi connectivity index (χ3v) is 6.53. The molecular weight excluding hydrogens is 486 g/mol. The molecule has 5 rings (SSSR count). The van der Waals surface area contributed by atoms with Crippen molar-refractivity contribution in [3.8, 4) is 0 Å². The Bertz CT molecular complexity index is 1550. The lowest BCUT2D eigenvalue weighted by atomic mass is 9.91. The number of hydrogen-bond donors (Lipinski definition) is 1. The molecule has 0 bridgehead atoms.